The second-order valence-corrected chi connectivity index (χ2v) is 5.93. The van der Waals surface area contributed by atoms with Crippen LogP contribution in [0.3, 0.4) is 0 Å². The number of hydrogen-bond acceptors (Lipinski definition) is 3. The molecule has 0 spiro atoms. The van der Waals surface area contributed by atoms with Crippen molar-refractivity contribution < 1.29 is 9.84 Å². The van der Waals surface area contributed by atoms with Gasteiger partial charge in [-0.3, -0.25) is 0 Å². The highest BCUT2D eigenvalue weighted by atomic mass is 79.9. The molecule has 0 aromatic heterocycles. The third-order valence-corrected chi connectivity index (χ3v) is 4.06. The zero-order valence-electron chi connectivity index (χ0n) is 12.3. The minimum atomic E-state index is 0.138. The van der Waals surface area contributed by atoms with Crippen molar-refractivity contribution in [2.75, 3.05) is 13.7 Å². The van der Waals surface area contributed by atoms with Gasteiger partial charge in [0.25, 0.3) is 0 Å². The lowest BCUT2D eigenvalue weighted by Gasteiger charge is -2.14. The number of ether oxygens (including phenoxy) is 1. The monoisotopic (exact) mass is 349 g/mol. The topological polar surface area (TPSA) is 41.5 Å². The lowest BCUT2D eigenvalue weighted by Crippen LogP contribution is -2.19. The maximum atomic E-state index is 9.79. The van der Waals surface area contributed by atoms with Crippen LogP contribution >= 0.6 is 15.9 Å². The second-order valence-electron chi connectivity index (χ2n) is 5.07. The van der Waals surface area contributed by atoms with Crippen molar-refractivity contribution in [3.8, 4) is 11.5 Å². The lowest BCUT2D eigenvalue weighted by atomic mass is 10.0. The number of nitrogens with one attached hydrogen (secondary N) is 1. The van der Waals surface area contributed by atoms with Crippen LogP contribution < -0.4 is 10.1 Å². The van der Waals surface area contributed by atoms with Gasteiger partial charge in [-0.05, 0) is 45.1 Å². The summed E-state index contributed by atoms with van der Waals surface area (Å²) in [6.45, 7) is 3.83. The van der Waals surface area contributed by atoms with Gasteiger partial charge in [0, 0.05) is 13.1 Å². The van der Waals surface area contributed by atoms with Gasteiger partial charge in [-0.2, -0.15) is 0 Å². The van der Waals surface area contributed by atoms with Gasteiger partial charge >= 0.3 is 0 Å². The molecular weight excluding hydrogens is 330 g/mol. The summed E-state index contributed by atoms with van der Waals surface area (Å²) in [5, 5.41) is 13.2. The Bertz CT molecular complexity index is 587. The molecule has 0 radical (unpaired) electrons. The van der Waals surface area contributed by atoms with Crippen LogP contribution in [0.25, 0.3) is 0 Å². The van der Waals surface area contributed by atoms with E-state index in [1.54, 1.807) is 7.11 Å². The lowest BCUT2D eigenvalue weighted by molar-refractivity contribution is 0.371. The Balaban J connectivity index is 1.93. The minimum absolute atomic E-state index is 0.138. The fraction of sp³-hybridized carbons (Fsp3) is 0.294. The van der Waals surface area contributed by atoms with E-state index in [1.165, 1.54) is 5.56 Å². The van der Waals surface area contributed by atoms with Crippen molar-refractivity contribution in [3.63, 3.8) is 0 Å². The summed E-state index contributed by atoms with van der Waals surface area (Å²) in [5.74, 6) is 1.07. The summed E-state index contributed by atoms with van der Waals surface area (Å²) in [5.41, 5.74) is 2.39. The van der Waals surface area contributed by atoms with Gasteiger partial charge < -0.3 is 15.2 Å². The Morgan fingerprint density at radius 3 is 2.62 bits per heavy atom. The van der Waals surface area contributed by atoms with Gasteiger partial charge in [0.1, 0.15) is 0 Å². The van der Waals surface area contributed by atoms with E-state index >= 15 is 0 Å². The van der Waals surface area contributed by atoms with E-state index in [2.05, 4.69) is 52.4 Å². The average molecular weight is 350 g/mol. The minimum Gasteiger partial charge on any atom is -0.503 e. The predicted molar refractivity (Wildman–Crippen MR) is 88.9 cm³/mol. The molecule has 2 aromatic rings. The number of rotatable bonds is 6. The van der Waals surface area contributed by atoms with E-state index in [1.807, 2.05) is 18.2 Å². The number of methoxy groups -OCH3 is 1. The van der Waals surface area contributed by atoms with Crippen molar-refractivity contribution in [2.45, 2.75) is 19.4 Å². The Morgan fingerprint density at radius 2 is 1.95 bits per heavy atom. The first-order valence-electron chi connectivity index (χ1n) is 6.93. The van der Waals surface area contributed by atoms with Crippen LogP contribution in [0.4, 0.5) is 0 Å². The first kappa shape index (κ1) is 15.9. The van der Waals surface area contributed by atoms with Gasteiger partial charge in [-0.25, -0.2) is 0 Å². The van der Waals surface area contributed by atoms with E-state index < -0.39 is 0 Å². The van der Waals surface area contributed by atoms with E-state index in [-0.39, 0.29) is 5.75 Å². The highest BCUT2D eigenvalue weighted by molar-refractivity contribution is 9.10. The molecule has 4 heteroatoms. The largest absolute Gasteiger partial charge is 0.503 e. The fourth-order valence-corrected chi connectivity index (χ4v) is 2.71. The summed E-state index contributed by atoms with van der Waals surface area (Å²) in [4.78, 5) is 0. The standard InChI is InChI=1S/C17H20BrNO2/c1-12(14-6-4-3-5-7-14)10-19-11-13-8-15(18)17(20)16(9-13)21-2/h3-9,12,19-20H,10-11H2,1-2H3. The third kappa shape index (κ3) is 4.22. The number of hydrogen-bond donors (Lipinski definition) is 2. The van der Waals surface area contributed by atoms with Gasteiger partial charge in [-0.15, -0.1) is 0 Å². The normalized spacial score (nSPS) is 12.1. The molecule has 2 N–H and O–H groups in total. The number of phenolic OH excluding ortho intramolecular Hbond substituents is 1. The SMILES string of the molecule is COc1cc(CNCC(C)c2ccccc2)cc(Br)c1O. The number of benzene rings is 2. The fourth-order valence-electron chi connectivity index (χ4n) is 2.22. The first-order valence-corrected chi connectivity index (χ1v) is 7.72. The molecule has 0 saturated heterocycles. The highest BCUT2D eigenvalue weighted by Crippen LogP contribution is 2.35. The first-order chi connectivity index (χ1) is 10.1. The average Bonchev–Trinajstić information content (AvgIpc) is 2.51. The Morgan fingerprint density at radius 1 is 1.24 bits per heavy atom. The summed E-state index contributed by atoms with van der Waals surface area (Å²) in [7, 11) is 1.55. The van der Waals surface area contributed by atoms with Crippen LogP contribution in [0.15, 0.2) is 46.9 Å². The Hall–Kier alpha value is -1.52. The maximum Gasteiger partial charge on any atom is 0.172 e. The molecule has 0 bridgehead atoms. The summed E-state index contributed by atoms with van der Waals surface area (Å²) < 4.78 is 5.80. The zero-order chi connectivity index (χ0) is 15.2. The molecular formula is C17H20BrNO2. The van der Waals surface area contributed by atoms with Gasteiger partial charge in [0.15, 0.2) is 11.5 Å². The molecule has 0 heterocycles. The molecule has 1 unspecified atom stereocenters. The summed E-state index contributed by atoms with van der Waals surface area (Å²) >= 11 is 3.34. The molecule has 21 heavy (non-hydrogen) atoms. The van der Waals surface area contributed by atoms with Crippen molar-refractivity contribution in [2.24, 2.45) is 0 Å². The van der Waals surface area contributed by atoms with Crippen molar-refractivity contribution in [1.82, 2.24) is 5.32 Å². The Kier molecular flexibility index (Phi) is 5.65. The molecule has 0 aliphatic rings. The summed E-state index contributed by atoms with van der Waals surface area (Å²) in [6, 6.07) is 14.2. The number of aromatic hydroxyl groups is 1. The second kappa shape index (κ2) is 7.48. The molecule has 0 aliphatic carbocycles. The quantitative estimate of drug-likeness (QED) is 0.826. The highest BCUT2D eigenvalue weighted by Gasteiger charge is 2.09. The Labute approximate surface area is 134 Å². The smallest absolute Gasteiger partial charge is 0.172 e. The van der Waals surface area contributed by atoms with Crippen molar-refractivity contribution in [3.05, 3.63) is 58.1 Å². The molecule has 1 atom stereocenters. The van der Waals surface area contributed by atoms with Crippen molar-refractivity contribution >= 4 is 15.9 Å². The maximum absolute atomic E-state index is 9.79. The van der Waals surface area contributed by atoms with E-state index in [0.717, 1.165) is 18.7 Å². The molecule has 0 amide bonds. The predicted octanol–water partition coefficient (Wildman–Crippen LogP) is 4.06. The van der Waals surface area contributed by atoms with E-state index in [4.69, 9.17) is 4.74 Å². The van der Waals surface area contributed by atoms with Crippen LogP contribution in [0.1, 0.15) is 24.0 Å². The van der Waals surface area contributed by atoms with Gasteiger partial charge in [-0.1, -0.05) is 37.3 Å². The molecule has 2 aromatic carbocycles. The van der Waals surface area contributed by atoms with Crippen molar-refractivity contribution in [1.29, 1.82) is 0 Å². The molecule has 3 nitrogen and oxygen atoms in total. The van der Waals surface area contributed by atoms with Crippen LogP contribution in [0.2, 0.25) is 0 Å². The number of halogens is 1. The van der Waals surface area contributed by atoms with Crippen LogP contribution in [0.5, 0.6) is 11.5 Å². The molecule has 0 aliphatic heterocycles. The van der Waals surface area contributed by atoms with Crippen LogP contribution in [0, 0.1) is 0 Å². The van der Waals surface area contributed by atoms with Gasteiger partial charge in [0.2, 0.25) is 0 Å². The molecule has 0 fully saturated rings. The summed E-state index contributed by atoms with van der Waals surface area (Å²) in [6.07, 6.45) is 0. The molecule has 112 valence electrons. The van der Waals surface area contributed by atoms with Gasteiger partial charge in [0.05, 0.1) is 11.6 Å². The molecule has 2 rings (SSSR count). The zero-order valence-corrected chi connectivity index (χ0v) is 13.9. The van der Waals surface area contributed by atoms with Crippen LogP contribution in [-0.4, -0.2) is 18.8 Å². The third-order valence-electron chi connectivity index (χ3n) is 3.46. The van der Waals surface area contributed by atoms with E-state index in [9.17, 15) is 5.11 Å². The van der Waals surface area contributed by atoms with E-state index in [0.29, 0.717) is 16.1 Å². The molecule has 0 saturated carbocycles. The number of phenols is 1. The van der Waals surface area contributed by atoms with Crippen LogP contribution in [-0.2, 0) is 6.54 Å².